The van der Waals surface area contributed by atoms with Crippen LogP contribution < -0.4 is 10.6 Å². The maximum Gasteiger partial charge on any atom is 0.403 e. The Morgan fingerprint density at radius 1 is 1.31 bits per heavy atom. The fourth-order valence-electron chi connectivity index (χ4n) is 3.17. The molecule has 7 nitrogen and oxygen atoms in total. The number of alkyl halides is 3. The second kappa shape index (κ2) is 7.79. The van der Waals surface area contributed by atoms with Crippen LogP contribution in [0.15, 0.2) is 33.8 Å². The van der Waals surface area contributed by atoms with Crippen molar-refractivity contribution in [2.75, 3.05) is 11.1 Å². The molecular formula is C17H16ClF3N2O5S. The van der Waals surface area contributed by atoms with E-state index in [1.165, 1.54) is 6.26 Å². The van der Waals surface area contributed by atoms with Crippen molar-refractivity contribution in [1.29, 1.82) is 0 Å². The molecule has 2 aromatic rings. The second-order valence-corrected chi connectivity index (χ2v) is 8.83. The molecule has 1 aromatic heterocycles. The van der Waals surface area contributed by atoms with E-state index < -0.39 is 55.2 Å². The van der Waals surface area contributed by atoms with Crippen LogP contribution in [0.25, 0.3) is 0 Å². The Morgan fingerprint density at radius 2 is 2.03 bits per heavy atom. The van der Waals surface area contributed by atoms with Crippen molar-refractivity contribution in [3.05, 3.63) is 40.8 Å². The quantitative estimate of drug-likeness (QED) is 0.603. The molecule has 0 bridgehead atoms. The topological polar surface area (TPSA) is 109 Å². The third-order valence-electron chi connectivity index (χ3n) is 4.34. The number of phenolic OH excluding ortho intramolecular Hbond substituents is 1. The summed E-state index contributed by atoms with van der Waals surface area (Å²) in [6, 6.07) is 2.63. The van der Waals surface area contributed by atoms with Crippen molar-refractivity contribution in [2.24, 2.45) is 0 Å². The molecule has 3 rings (SSSR count). The number of furan rings is 1. The molecule has 158 valence electrons. The summed E-state index contributed by atoms with van der Waals surface area (Å²) in [7, 11) is -4.99. The van der Waals surface area contributed by atoms with E-state index in [4.69, 9.17) is 16.0 Å². The van der Waals surface area contributed by atoms with Gasteiger partial charge in [0, 0.05) is 0 Å². The Labute approximate surface area is 168 Å². The largest absolute Gasteiger partial charge is 0.504 e. The summed E-state index contributed by atoms with van der Waals surface area (Å²) in [4.78, 5) is 11.2. The summed E-state index contributed by atoms with van der Waals surface area (Å²) in [6.45, 7) is 0. The Kier molecular flexibility index (Phi) is 5.72. The van der Waals surface area contributed by atoms with E-state index in [1.807, 2.05) is 0 Å². The number of carbonyl (C=O) groups is 1. The number of sulfone groups is 1. The Balaban J connectivity index is 1.81. The molecule has 0 saturated carbocycles. The number of halogens is 4. The van der Waals surface area contributed by atoms with Gasteiger partial charge in [-0.05, 0) is 43.0 Å². The van der Waals surface area contributed by atoms with Gasteiger partial charge in [0.1, 0.15) is 10.7 Å². The van der Waals surface area contributed by atoms with Crippen LogP contribution in [0.1, 0.15) is 30.2 Å². The number of carbonyl (C=O) groups excluding carboxylic acids is 1. The first-order valence-corrected chi connectivity index (χ1v) is 10.5. The standard InChI is InChI=1S/C17H16ClF3N2O5S/c18-10-4-5-11(13(24)15(10)29(26,27)8-17(19,20)21)22-16(25)23-12-3-1-2-9-6-7-28-14(9)12/h4-7,12,24H,1-3,8H2,(H2,22,23,25). The van der Waals surface area contributed by atoms with Crippen LogP contribution in [-0.4, -0.2) is 31.5 Å². The fraction of sp³-hybridized carbons (Fsp3) is 0.353. The zero-order valence-electron chi connectivity index (χ0n) is 14.7. The summed E-state index contributed by atoms with van der Waals surface area (Å²) >= 11 is 5.70. The van der Waals surface area contributed by atoms with E-state index in [2.05, 4.69) is 10.6 Å². The Morgan fingerprint density at radius 3 is 2.72 bits per heavy atom. The van der Waals surface area contributed by atoms with Gasteiger partial charge in [-0.25, -0.2) is 13.2 Å². The van der Waals surface area contributed by atoms with Crippen molar-refractivity contribution < 1.29 is 35.9 Å². The number of benzene rings is 1. The number of aryl methyl sites for hydroxylation is 1. The Bertz CT molecular complexity index is 1040. The van der Waals surface area contributed by atoms with Gasteiger partial charge < -0.3 is 20.2 Å². The van der Waals surface area contributed by atoms with Gasteiger partial charge in [0.25, 0.3) is 0 Å². The smallest absolute Gasteiger partial charge is 0.403 e. The average Bonchev–Trinajstić information content (AvgIpc) is 3.05. The van der Waals surface area contributed by atoms with Gasteiger partial charge in [0.05, 0.1) is 23.0 Å². The monoisotopic (exact) mass is 452 g/mol. The minimum Gasteiger partial charge on any atom is -0.504 e. The average molecular weight is 453 g/mol. The van der Waals surface area contributed by atoms with E-state index in [0.717, 1.165) is 30.5 Å². The number of fused-ring (bicyclic) bond motifs is 1. The highest BCUT2D eigenvalue weighted by Gasteiger charge is 2.39. The summed E-state index contributed by atoms with van der Waals surface area (Å²) in [5.74, 6) is -2.67. The van der Waals surface area contributed by atoms with Crippen LogP contribution in [0, 0.1) is 0 Å². The molecule has 1 atom stereocenters. The SMILES string of the molecule is O=C(Nc1ccc(Cl)c(S(=O)(=O)CC(F)(F)F)c1O)NC1CCCc2ccoc21. The lowest BCUT2D eigenvalue weighted by atomic mass is 9.94. The van der Waals surface area contributed by atoms with Crippen LogP contribution in [0.4, 0.5) is 23.7 Å². The second-order valence-electron chi connectivity index (χ2n) is 6.50. The van der Waals surface area contributed by atoms with Gasteiger partial charge in [-0.3, -0.25) is 0 Å². The third kappa shape index (κ3) is 4.78. The molecule has 1 unspecified atom stereocenters. The van der Waals surface area contributed by atoms with Gasteiger partial charge in [-0.15, -0.1) is 0 Å². The van der Waals surface area contributed by atoms with Crippen molar-refractivity contribution >= 4 is 33.2 Å². The number of urea groups is 1. The number of anilines is 1. The number of rotatable bonds is 4. The van der Waals surface area contributed by atoms with Crippen LogP contribution in [0.3, 0.4) is 0 Å². The lowest BCUT2D eigenvalue weighted by Crippen LogP contribution is -2.34. The van der Waals surface area contributed by atoms with E-state index in [0.29, 0.717) is 12.2 Å². The molecule has 0 saturated heterocycles. The number of phenols is 1. The van der Waals surface area contributed by atoms with E-state index in [-0.39, 0.29) is 0 Å². The first-order valence-electron chi connectivity index (χ1n) is 8.43. The van der Waals surface area contributed by atoms with Crippen molar-refractivity contribution in [2.45, 2.75) is 36.4 Å². The van der Waals surface area contributed by atoms with Crippen LogP contribution >= 0.6 is 11.6 Å². The molecule has 0 aliphatic heterocycles. The normalized spacial score (nSPS) is 16.9. The van der Waals surface area contributed by atoms with Crippen molar-refractivity contribution in [3.63, 3.8) is 0 Å². The molecule has 1 aromatic carbocycles. The summed E-state index contributed by atoms with van der Waals surface area (Å²) in [6.07, 6.45) is -1.30. The lowest BCUT2D eigenvalue weighted by molar-refractivity contribution is -0.106. The fourth-order valence-corrected chi connectivity index (χ4v) is 5.02. The maximum absolute atomic E-state index is 12.6. The summed E-state index contributed by atoms with van der Waals surface area (Å²) in [5, 5.41) is 14.5. The number of amides is 2. The zero-order chi connectivity index (χ0) is 21.4. The molecule has 0 fully saturated rings. The molecular weight excluding hydrogens is 437 g/mol. The Hall–Kier alpha value is -2.40. The highest BCUT2D eigenvalue weighted by molar-refractivity contribution is 7.91. The predicted molar refractivity (Wildman–Crippen MR) is 97.8 cm³/mol. The van der Waals surface area contributed by atoms with E-state index in [9.17, 15) is 31.5 Å². The van der Waals surface area contributed by atoms with Crippen LogP contribution in [0.2, 0.25) is 5.02 Å². The number of nitrogens with one attached hydrogen (secondary N) is 2. The summed E-state index contributed by atoms with van der Waals surface area (Å²) < 4.78 is 67.2. The van der Waals surface area contributed by atoms with Gasteiger partial charge in [0.2, 0.25) is 0 Å². The predicted octanol–water partition coefficient (Wildman–Crippen LogP) is 4.17. The maximum atomic E-state index is 12.6. The van der Waals surface area contributed by atoms with E-state index >= 15 is 0 Å². The highest BCUT2D eigenvalue weighted by atomic mass is 35.5. The molecule has 1 aliphatic rings. The van der Waals surface area contributed by atoms with Crippen molar-refractivity contribution in [3.8, 4) is 5.75 Å². The van der Waals surface area contributed by atoms with Gasteiger partial charge in [-0.1, -0.05) is 11.6 Å². The molecule has 0 spiro atoms. The first-order chi connectivity index (χ1) is 13.5. The highest BCUT2D eigenvalue weighted by Crippen LogP contribution is 2.39. The third-order valence-corrected chi connectivity index (χ3v) is 6.51. The molecule has 0 radical (unpaired) electrons. The minimum atomic E-state index is -5.03. The van der Waals surface area contributed by atoms with E-state index in [1.54, 1.807) is 6.07 Å². The molecule has 29 heavy (non-hydrogen) atoms. The molecule has 1 heterocycles. The number of aromatic hydroxyl groups is 1. The lowest BCUT2D eigenvalue weighted by Gasteiger charge is -2.22. The first kappa shape index (κ1) is 21.3. The molecule has 1 aliphatic carbocycles. The zero-order valence-corrected chi connectivity index (χ0v) is 16.3. The number of hydrogen-bond acceptors (Lipinski definition) is 5. The van der Waals surface area contributed by atoms with Gasteiger partial charge in [0.15, 0.2) is 21.3 Å². The molecule has 2 amide bonds. The van der Waals surface area contributed by atoms with Gasteiger partial charge in [-0.2, -0.15) is 13.2 Å². The van der Waals surface area contributed by atoms with Crippen molar-refractivity contribution in [1.82, 2.24) is 5.32 Å². The van der Waals surface area contributed by atoms with Crippen LogP contribution in [0.5, 0.6) is 5.75 Å². The minimum absolute atomic E-state index is 0.400. The number of hydrogen-bond donors (Lipinski definition) is 3. The molecule has 12 heteroatoms. The summed E-state index contributed by atoms with van der Waals surface area (Å²) in [5.41, 5.74) is 0.555. The van der Waals surface area contributed by atoms with Crippen LogP contribution in [-0.2, 0) is 16.3 Å². The molecule has 3 N–H and O–H groups in total. The van der Waals surface area contributed by atoms with Gasteiger partial charge >= 0.3 is 12.2 Å².